The van der Waals surface area contributed by atoms with Crippen LogP contribution < -0.4 is 0 Å². The van der Waals surface area contributed by atoms with E-state index in [-0.39, 0.29) is 0 Å². The van der Waals surface area contributed by atoms with Gasteiger partial charge in [-0.2, -0.15) is 0 Å². The third-order valence-electron chi connectivity index (χ3n) is 1.08. The van der Waals surface area contributed by atoms with Gasteiger partial charge in [-0.3, -0.25) is 4.79 Å². The van der Waals surface area contributed by atoms with Crippen molar-refractivity contribution in [3.63, 3.8) is 0 Å². The van der Waals surface area contributed by atoms with Crippen LogP contribution >= 0.6 is 17.2 Å². The van der Waals surface area contributed by atoms with Crippen molar-refractivity contribution in [3.8, 4) is 0 Å². The molecule has 1 N–H and O–H groups in total. The van der Waals surface area contributed by atoms with Crippen molar-refractivity contribution >= 4 is 23.2 Å². The molecule has 3 unspecified atom stereocenters. The van der Waals surface area contributed by atoms with Crippen molar-refractivity contribution in [2.75, 3.05) is 0 Å². The first-order valence-corrected chi connectivity index (χ1v) is 5.73. The Hall–Kier alpha value is 0.330. The van der Waals surface area contributed by atoms with E-state index in [1.165, 1.54) is 0 Å². The third kappa shape index (κ3) is 6.21. The Bertz CT molecular complexity index is 95.0. The van der Waals surface area contributed by atoms with Gasteiger partial charge in [-0.25, -0.2) is 0 Å². The van der Waals surface area contributed by atoms with Gasteiger partial charge in [0.05, 0.1) is 0 Å². The van der Waals surface area contributed by atoms with Gasteiger partial charge >= 0.3 is 5.97 Å². The van der Waals surface area contributed by atoms with Crippen molar-refractivity contribution < 1.29 is 9.90 Å². The zero-order valence-electron chi connectivity index (χ0n) is 5.42. The SMILES string of the molecule is CC(CCC(=O)O)PP. The molecule has 0 aromatic heterocycles. The summed E-state index contributed by atoms with van der Waals surface area (Å²) in [6.45, 7) is 2.06. The Balaban J connectivity index is 3.16. The van der Waals surface area contributed by atoms with Gasteiger partial charge in [0.2, 0.25) is 0 Å². The van der Waals surface area contributed by atoms with Gasteiger partial charge in [-0.05, 0) is 12.1 Å². The Morgan fingerprint density at radius 2 is 2.44 bits per heavy atom. The van der Waals surface area contributed by atoms with E-state index in [2.05, 4.69) is 15.9 Å². The second-order valence-corrected chi connectivity index (χ2v) is 4.32. The number of rotatable bonds is 4. The van der Waals surface area contributed by atoms with Crippen LogP contribution in [0.1, 0.15) is 19.8 Å². The molecule has 0 bridgehead atoms. The Kier molecular flexibility index (Phi) is 5.33. The van der Waals surface area contributed by atoms with Gasteiger partial charge < -0.3 is 5.11 Å². The quantitative estimate of drug-likeness (QED) is 0.645. The number of hydrogen-bond donors (Lipinski definition) is 1. The standard InChI is InChI=1S/C5H12O2P2/c1-4(9-8)2-3-5(6)7/h4,9H,2-3,8H2,1H3,(H,6,7). The van der Waals surface area contributed by atoms with Crippen LogP contribution in [0.4, 0.5) is 0 Å². The molecule has 0 spiro atoms. The maximum Gasteiger partial charge on any atom is 0.303 e. The van der Waals surface area contributed by atoms with Crippen molar-refractivity contribution in [2.45, 2.75) is 25.4 Å². The molecule has 4 heteroatoms. The van der Waals surface area contributed by atoms with E-state index in [9.17, 15) is 4.79 Å². The smallest absolute Gasteiger partial charge is 0.303 e. The summed E-state index contributed by atoms with van der Waals surface area (Å²) in [5.41, 5.74) is 0.547. The van der Waals surface area contributed by atoms with E-state index >= 15 is 0 Å². The minimum Gasteiger partial charge on any atom is -0.481 e. The molecule has 0 aliphatic heterocycles. The highest BCUT2D eigenvalue weighted by Gasteiger charge is 2.01. The lowest BCUT2D eigenvalue weighted by atomic mass is 10.2. The third-order valence-corrected chi connectivity index (χ3v) is 3.64. The fourth-order valence-electron chi connectivity index (χ4n) is 0.423. The Labute approximate surface area is 59.3 Å². The van der Waals surface area contributed by atoms with Gasteiger partial charge in [0.1, 0.15) is 0 Å². The summed E-state index contributed by atoms with van der Waals surface area (Å²) in [4.78, 5) is 10.0. The lowest BCUT2D eigenvalue weighted by Gasteiger charge is -2.03. The van der Waals surface area contributed by atoms with Crippen molar-refractivity contribution in [1.82, 2.24) is 0 Å². The zero-order chi connectivity index (χ0) is 7.28. The van der Waals surface area contributed by atoms with E-state index in [1.807, 2.05) is 0 Å². The Morgan fingerprint density at radius 3 is 2.78 bits per heavy atom. The van der Waals surface area contributed by atoms with Gasteiger partial charge in [0.25, 0.3) is 0 Å². The van der Waals surface area contributed by atoms with Gasteiger partial charge in [-0.1, -0.05) is 15.2 Å². The molecule has 0 aliphatic carbocycles. The first-order valence-electron chi connectivity index (χ1n) is 2.84. The van der Waals surface area contributed by atoms with Crippen LogP contribution in [0.25, 0.3) is 0 Å². The van der Waals surface area contributed by atoms with Crippen molar-refractivity contribution in [3.05, 3.63) is 0 Å². The lowest BCUT2D eigenvalue weighted by molar-refractivity contribution is -0.137. The molecule has 0 rings (SSSR count). The summed E-state index contributed by atoms with van der Waals surface area (Å²) in [6.07, 6.45) is 1.11. The van der Waals surface area contributed by atoms with Crippen LogP contribution in [-0.4, -0.2) is 16.7 Å². The highest BCUT2D eigenvalue weighted by molar-refractivity contribution is 8.03. The molecule has 0 amide bonds. The molecule has 0 aromatic rings. The number of carbonyl (C=O) groups is 1. The summed E-state index contributed by atoms with van der Waals surface area (Å²) in [7, 11) is 3.42. The Morgan fingerprint density at radius 1 is 1.89 bits per heavy atom. The number of hydrogen-bond acceptors (Lipinski definition) is 1. The van der Waals surface area contributed by atoms with Crippen molar-refractivity contribution in [1.29, 1.82) is 0 Å². The minimum absolute atomic E-state index is 0.308. The molecule has 0 aliphatic rings. The summed E-state index contributed by atoms with van der Waals surface area (Å²) in [6, 6.07) is 0. The summed E-state index contributed by atoms with van der Waals surface area (Å²) in [5, 5.41) is 8.25. The lowest BCUT2D eigenvalue weighted by Crippen LogP contribution is -1.99. The highest BCUT2D eigenvalue weighted by atomic mass is 32.0. The molecular formula is C5H12O2P2. The van der Waals surface area contributed by atoms with E-state index in [1.54, 1.807) is 0 Å². The van der Waals surface area contributed by atoms with Crippen LogP contribution in [0, 0.1) is 0 Å². The van der Waals surface area contributed by atoms with E-state index in [4.69, 9.17) is 5.11 Å². The second kappa shape index (κ2) is 5.14. The van der Waals surface area contributed by atoms with E-state index < -0.39 is 5.97 Å². The van der Waals surface area contributed by atoms with Gasteiger partial charge in [0.15, 0.2) is 0 Å². The molecule has 54 valence electrons. The van der Waals surface area contributed by atoms with E-state index in [0.717, 1.165) is 14.7 Å². The average molecular weight is 166 g/mol. The van der Waals surface area contributed by atoms with Crippen LogP contribution in [0.3, 0.4) is 0 Å². The van der Waals surface area contributed by atoms with Gasteiger partial charge in [-0.15, -0.1) is 8.93 Å². The molecule has 2 nitrogen and oxygen atoms in total. The molecule has 3 atom stereocenters. The minimum atomic E-state index is -0.690. The number of carboxylic acids is 1. The molecule has 0 aromatic carbocycles. The average Bonchev–Trinajstić information content (AvgIpc) is 1.83. The monoisotopic (exact) mass is 166 g/mol. The molecule has 9 heavy (non-hydrogen) atoms. The van der Waals surface area contributed by atoms with Crippen molar-refractivity contribution in [2.24, 2.45) is 0 Å². The fourth-order valence-corrected chi connectivity index (χ4v) is 1.23. The highest BCUT2D eigenvalue weighted by Crippen LogP contribution is 2.29. The predicted molar refractivity (Wildman–Crippen MR) is 44.4 cm³/mol. The topological polar surface area (TPSA) is 37.3 Å². The van der Waals surface area contributed by atoms with Crippen LogP contribution in [-0.2, 0) is 4.79 Å². The maximum absolute atomic E-state index is 10.0. The zero-order valence-corrected chi connectivity index (χ0v) is 7.58. The molecule has 0 radical (unpaired) electrons. The largest absolute Gasteiger partial charge is 0.481 e. The summed E-state index contributed by atoms with van der Waals surface area (Å²) >= 11 is 0. The van der Waals surface area contributed by atoms with Crippen LogP contribution in [0.5, 0.6) is 0 Å². The number of carboxylic acid groups (broad SMARTS) is 1. The van der Waals surface area contributed by atoms with Crippen LogP contribution in [0.2, 0.25) is 0 Å². The maximum atomic E-state index is 10.0. The molecule has 0 fully saturated rings. The predicted octanol–water partition coefficient (Wildman–Crippen LogP) is 1.71. The van der Waals surface area contributed by atoms with E-state index in [0.29, 0.717) is 12.1 Å². The molecule has 0 heterocycles. The molecular weight excluding hydrogens is 154 g/mol. The fraction of sp³-hybridized carbons (Fsp3) is 0.800. The van der Waals surface area contributed by atoms with Crippen LogP contribution in [0.15, 0.2) is 0 Å². The second-order valence-electron chi connectivity index (χ2n) is 2.00. The van der Waals surface area contributed by atoms with Gasteiger partial charge in [0, 0.05) is 6.42 Å². The summed E-state index contributed by atoms with van der Waals surface area (Å²) in [5.74, 6) is -0.690. The first kappa shape index (κ1) is 9.33. The summed E-state index contributed by atoms with van der Waals surface area (Å²) < 4.78 is 0. The first-order chi connectivity index (χ1) is 4.16. The normalized spacial score (nSPS) is 14.4. The molecule has 0 saturated carbocycles. The molecule has 0 saturated heterocycles. The number of aliphatic carboxylic acids is 1.